The zero-order valence-electron chi connectivity index (χ0n) is 11.2. The van der Waals surface area contributed by atoms with Gasteiger partial charge in [0, 0.05) is 0 Å². The Hall–Kier alpha value is -1.15. The van der Waals surface area contributed by atoms with Crippen molar-refractivity contribution in [2.24, 2.45) is 5.92 Å². The molecule has 0 aromatic heterocycles. The van der Waals surface area contributed by atoms with Crippen LogP contribution in [-0.4, -0.2) is 45.9 Å². The fourth-order valence-corrected chi connectivity index (χ4v) is 4.20. The molecular weight excluding hydrogens is 274 g/mol. The van der Waals surface area contributed by atoms with Crippen LogP contribution < -0.4 is 4.72 Å². The second kappa shape index (κ2) is 6.33. The lowest BCUT2D eigenvalue weighted by molar-refractivity contribution is -0.145. The van der Waals surface area contributed by atoms with E-state index in [9.17, 15) is 18.0 Å². The van der Waals surface area contributed by atoms with Gasteiger partial charge in [0.1, 0.15) is 6.04 Å². The van der Waals surface area contributed by atoms with E-state index in [1.807, 2.05) is 0 Å². The largest absolute Gasteiger partial charge is 0.469 e. The van der Waals surface area contributed by atoms with Crippen molar-refractivity contribution in [3.8, 4) is 0 Å². The standard InChI is InChI=1S/C11H19NO6S/c1-7(10(13)17-2)12-19(15,16)9-6-4-5-8(9)11(14)18-3/h7-9,12H,4-6H2,1-3H3/t7-,8?,9?/m0/s1. The molecule has 0 saturated heterocycles. The number of methoxy groups -OCH3 is 2. The molecule has 0 aromatic rings. The lowest BCUT2D eigenvalue weighted by Crippen LogP contribution is -2.46. The molecule has 7 nitrogen and oxygen atoms in total. The number of rotatable bonds is 5. The Labute approximate surface area is 112 Å². The third-order valence-electron chi connectivity index (χ3n) is 3.25. The van der Waals surface area contributed by atoms with Crippen molar-refractivity contribution in [3.05, 3.63) is 0 Å². The lowest BCUT2D eigenvalue weighted by Gasteiger charge is -2.20. The maximum absolute atomic E-state index is 12.2. The van der Waals surface area contributed by atoms with Crippen LogP contribution in [0.4, 0.5) is 0 Å². The Balaban J connectivity index is 2.82. The van der Waals surface area contributed by atoms with E-state index < -0.39 is 39.2 Å². The first-order valence-electron chi connectivity index (χ1n) is 6.00. The van der Waals surface area contributed by atoms with Crippen molar-refractivity contribution in [1.82, 2.24) is 4.72 Å². The highest BCUT2D eigenvalue weighted by atomic mass is 32.2. The van der Waals surface area contributed by atoms with E-state index in [4.69, 9.17) is 0 Å². The number of ether oxygens (including phenoxy) is 2. The maximum Gasteiger partial charge on any atom is 0.323 e. The fourth-order valence-electron chi connectivity index (χ4n) is 2.28. The van der Waals surface area contributed by atoms with Crippen LogP contribution in [0.25, 0.3) is 0 Å². The minimum absolute atomic E-state index is 0.378. The first-order chi connectivity index (χ1) is 8.83. The Morgan fingerprint density at radius 2 is 1.84 bits per heavy atom. The number of hydrogen-bond donors (Lipinski definition) is 1. The predicted octanol–water partition coefficient (Wildman–Crippen LogP) is -0.191. The van der Waals surface area contributed by atoms with E-state index in [1.165, 1.54) is 21.1 Å². The Morgan fingerprint density at radius 1 is 1.21 bits per heavy atom. The van der Waals surface area contributed by atoms with E-state index in [-0.39, 0.29) is 0 Å². The summed E-state index contributed by atoms with van der Waals surface area (Å²) in [5.74, 6) is -1.87. The summed E-state index contributed by atoms with van der Waals surface area (Å²) in [5, 5.41) is -0.855. The van der Waals surface area contributed by atoms with Crippen LogP contribution in [0.15, 0.2) is 0 Å². The van der Waals surface area contributed by atoms with Gasteiger partial charge < -0.3 is 9.47 Å². The van der Waals surface area contributed by atoms with Crippen LogP contribution in [0.2, 0.25) is 0 Å². The SMILES string of the molecule is COC(=O)C1CCCC1S(=O)(=O)N[C@@H](C)C(=O)OC. The van der Waals surface area contributed by atoms with Gasteiger partial charge in [0.25, 0.3) is 0 Å². The van der Waals surface area contributed by atoms with Crippen LogP contribution in [-0.2, 0) is 29.1 Å². The molecule has 8 heteroatoms. The van der Waals surface area contributed by atoms with Crippen molar-refractivity contribution in [2.45, 2.75) is 37.5 Å². The van der Waals surface area contributed by atoms with Crippen molar-refractivity contribution in [3.63, 3.8) is 0 Å². The third kappa shape index (κ3) is 3.66. The van der Waals surface area contributed by atoms with Crippen LogP contribution in [0.1, 0.15) is 26.2 Å². The summed E-state index contributed by atoms with van der Waals surface area (Å²) in [7, 11) is -1.36. The lowest BCUT2D eigenvalue weighted by atomic mass is 10.1. The van der Waals surface area contributed by atoms with Gasteiger partial charge in [-0.15, -0.1) is 0 Å². The summed E-state index contributed by atoms with van der Waals surface area (Å²) in [6, 6.07) is -0.978. The van der Waals surface area contributed by atoms with Crippen LogP contribution in [0.5, 0.6) is 0 Å². The third-order valence-corrected chi connectivity index (χ3v) is 5.29. The van der Waals surface area contributed by atoms with Gasteiger partial charge in [0.05, 0.1) is 25.4 Å². The second-order valence-electron chi connectivity index (χ2n) is 4.51. The van der Waals surface area contributed by atoms with Gasteiger partial charge in [-0.2, -0.15) is 0 Å². The highest BCUT2D eigenvalue weighted by Crippen LogP contribution is 2.31. The average molecular weight is 293 g/mol. The molecule has 1 saturated carbocycles. The number of sulfonamides is 1. The van der Waals surface area contributed by atoms with E-state index in [1.54, 1.807) is 0 Å². The highest BCUT2D eigenvalue weighted by Gasteiger charge is 2.43. The van der Waals surface area contributed by atoms with Gasteiger partial charge in [-0.1, -0.05) is 6.42 Å². The van der Waals surface area contributed by atoms with Crippen molar-refractivity contribution in [1.29, 1.82) is 0 Å². The molecular formula is C11H19NO6S. The first-order valence-corrected chi connectivity index (χ1v) is 7.55. The Kier molecular flexibility index (Phi) is 5.30. The van der Waals surface area contributed by atoms with Crippen LogP contribution >= 0.6 is 0 Å². The normalized spacial score (nSPS) is 24.8. The minimum Gasteiger partial charge on any atom is -0.469 e. The van der Waals surface area contributed by atoms with Gasteiger partial charge in [-0.3, -0.25) is 9.59 Å². The Bertz CT molecular complexity index is 446. The van der Waals surface area contributed by atoms with E-state index in [0.29, 0.717) is 19.3 Å². The molecule has 0 aromatic carbocycles. The molecule has 2 unspecified atom stereocenters. The molecule has 0 heterocycles. The van der Waals surface area contributed by atoms with E-state index in [2.05, 4.69) is 14.2 Å². The topological polar surface area (TPSA) is 98.8 Å². The molecule has 1 aliphatic carbocycles. The Morgan fingerprint density at radius 3 is 2.37 bits per heavy atom. The molecule has 0 bridgehead atoms. The maximum atomic E-state index is 12.2. The minimum atomic E-state index is -3.77. The average Bonchev–Trinajstić information content (AvgIpc) is 2.86. The van der Waals surface area contributed by atoms with Crippen molar-refractivity contribution >= 4 is 22.0 Å². The van der Waals surface area contributed by atoms with Crippen LogP contribution in [0, 0.1) is 5.92 Å². The van der Waals surface area contributed by atoms with Gasteiger partial charge in [-0.25, -0.2) is 13.1 Å². The zero-order valence-corrected chi connectivity index (χ0v) is 12.0. The fraction of sp³-hybridized carbons (Fsp3) is 0.818. The van der Waals surface area contributed by atoms with Crippen LogP contribution in [0.3, 0.4) is 0 Å². The summed E-state index contributed by atoms with van der Waals surface area (Å²) in [6.07, 6.45) is 1.49. The van der Waals surface area contributed by atoms with Crippen molar-refractivity contribution in [2.75, 3.05) is 14.2 Å². The number of esters is 2. The molecule has 19 heavy (non-hydrogen) atoms. The molecule has 3 atom stereocenters. The number of carbonyl (C=O) groups excluding carboxylic acids is 2. The molecule has 0 aliphatic heterocycles. The number of hydrogen-bond acceptors (Lipinski definition) is 6. The van der Waals surface area contributed by atoms with E-state index in [0.717, 1.165) is 0 Å². The molecule has 1 N–H and O–H groups in total. The smallest absolute Gasteiger partial charge is 0.323 e. The second-order valence-corrected chi connectivity index (χ2v) is 6.44. The zero-order chi connectivity index (χ0) is 14.6. The predicted molar refractivity (Wildman–Crippen MR) is 66.7 cm³/mol. The monoisotopic (exact) mass is 293 g/mol. The van der Waals surface area contributed by atoms with E-state index >= 15 is 0 Å². The molecule has 1 rings (SSSR count). The van der Waals surface area contributed by atoms with Crippen molar-refractivity contribution < 1.29 is 27.5 Å². The summed E-state index contributed by atoms with van der Waals surface area (Å²) in [6.45, 7) is 1.39. The number of nitrogens with one attached hydrogen (secondary N) is 1. The molecule has 0 radical (unpaired) electrons. The summed E-state index contributed by atoms with van der Waals surface area (Å²) >= 11 is 0. The molecule has 1 fully saturated rings. The van der Waals surface area contributed by atoms with Gasteiger partial charge in [0.15, 0.2) is 0 Å². The molecule has 0 amide bonds. The summed E-state index contributed by atoms with van der Waals surface area (Å²) in [4.78, 5) is 22.8. The molecule has 110 valence electrons. The van der Waals surface area contributed by atoms with Gasteiger partial charge in [-0.05, 0) is 19.8 Å². The summed E-state index contributed by atoms with van der Waals surface area (Å²) < 4.78 is 35.7. The quantitative estimate of drug-likeness (QED) is 0.705. The molecule has 1 aliphatic rings. The summed E-state index contributed by atoms with van der Waals surface area (Å²) in [5.41, 5.74) is 0. The number of carbonyl (C=O) groups is 2. The molecule has 0 spiro atoms. The highest BCUT2D eigenvalue weighted by molar-refractivity contribution is 7.90. The first kappa shape index (κ1) is 15.9. The van der Waals surface area contributed by atoms with Gasteiger partial charge >= 0.3 is 11.9 Å². The van der Waals surface area contributed by atoms with Gasteiger partial charge in [0.2, 0.25) is 10.0 Å².